The third-order valence-electron chi connectivity index (χ3n) is 4.27. The van der Waals surface area contributed by atoms with Gasteiger partial charge in [0, 0.05) is 6.54 Å². The fraction of sp³-hybridized carbons (Fsp3) is 0.350. The maximum absolute atomic E-state index is 12.8. The number of nitrogens with zero attached hydrogens (tertiary/aromatic N) is 1. The summed E-state index contributed by atoms with van der Waals surface area (Å²) in [5.41, 5.74) is 1.48. The Morgan fingerprint density at radius 1 is 1.10 bits per heavy atom. The highest BCUT2D eigenvalue weighted by Crippen LogP contribution is 2.29. The Kier molecular flexibility index (Phi) is 6.62. The molecular formula is C20H23F3N2O3S. The minimum absolute atomic E-state index is 0.155. The van der Waals surface area contributed by atoms with Crippen LogP contribution in [0, 0.1) is 13.8 Å². The average molecular weight is 428 g/mol. The van der Waals surface area contributed by atoms with Gasteiger partial charge >= 0.3 is 6.18 Å². The second-order valence-corrected chi connectivity index (χ2v) is 8.86. The topological polar surface area (TPSA) is 66.5 Å². The molecule has 158 valence electrons. The van der Waals surface area contributed by atoms with Gasteiger partial charge in [0.15, 0.2) is 0 Å². The molecule has 0 spiro atoms. The molecule has 0 aromatic heterocycles. The molecule has 0 aliphatic rings. The molecule has 0 fully saturated rings. The molecule has 0 bridgehead atoms. The minimum atomic E-state index is -4.48. The molecule has 0 saturated carbocycles. The van der Waals surface area contributed by atoms with Gasteiger partial charge in [-0.1, -0.05) is 18.2 Å². The van der Waals surface area contributed by atoms with Crippen molar-refractivity contribution in [2.45, 2.75) is 39.5 Å². The molecule has 0 radical (unpaired) electrons. The Morgan fingerprint density at radius 3 is 2.21 bits per heavy atom. The van der Waals surface area contributed by atoms with Crippen LogP contribution in [0.1, 0.15) is 29.2 Å². The first-order chi connectivity index (χ1) is 13.3. The van der Waals surface area contributed by atoms with Gasteiger partial charge in [-0.25, -0.2) is 8.42 Å². The van der Waals surface area contributed by atoms with Crippen LogP contribution in [0.25, 0.3) is 0 Å². The van der Waals surface area contributed by atoms with Gasteiger partial charge in [0.2, 0.25) is 15.9 Å². The summed E-state index contributed by atoms with van der Waals surface area (Å²) in [4.78, 5) is 12.6. The van der Waals surface area contributed by atoms with E-state index in [0.717, 1.165) is 33.8 Å². The monoisotopic (exact) mass is 428 g/mol. The normalized spacial score (nSPS) is 13.1. The van der Waals surface area contributed by atoms with Gasteiger partial charge in [0.25, 0.3) is 0 Å². The highest BCUT2D eigenvalue weighted by molar-refractivity contribution is 7.92. The van der Waals surface area contributed by atoms with Crippen LogP contribution in [0.15, 0.2) is 42.5 Å². The molecule has 29 heavy (non-hydrogen) atoms. The number of rotatable bonds is 6. The molecule has 1 unspecified atom stereocenters. The number of alkyl halides is 3. The summed E-state index contributed by atoms with van der Waals surface area (Å²) in [5, 5.41) is 2.52. The lowest BCUT2D eigenvalue weighted by atomic mass is 10.1. The van der Waals surface area contributed by atoms with Crippen molar-refractivity contribution in [3.63, 3.8) is 0 Å². The number of carbonyl (C=O) groups is 1. The van der Waals surface area contributed by atoms with E-state index in [1.54, 1.807) is 12.1 Å². The summed E-state index contributed by atoms with van der Waals surface area (Å²) in [6, 6.07) is 8.71. The van der Waals surface area contributed by atoms with Gasteiger partial charge in [-0.3, -0.25) is 9.10 Å². The van der Waals surface area contributed by atoms with Gasteiger partial charge in [0.05, 0.1) is 17.5 Å². The molecule has 1 N–H and O–H groups in total. The van der Waals surface area contributed by atoms with Crippen LogP contribution >= 0.6 is 0 Å². The van der Waals surface area contributed by atoms with Gasteiger partial charge in [0.1, 0.15) is 6.04 Å². The molecular weight excluding hydrogens is 405 g/mol. The van der Waals surface area contributed by atoms with E-state index in [-0.39, 0.29) is 12.1 Å². The quantitative estimate of drug-likeness (QED) is 0.761. The molecule has 1 atom stereocenters. The number of amides is 1. The maximum Gasteiger partial charge on any atom is 0.416 e. The van der Waals surface area contributed by atoms with Crippen molar-refractivity contribution in [3.8, 4) is 0 Å². The van der Waals surface area contributed by atoms with Crippen LogP contribution in [0.5, 0.6) is 0 Å². The van der Waals surface area contributed by atoms with E-state index in [1.807, 2.05) is 19.9 Å². The number of hydrogen-bond donors (Lipinski definition) is 1. The zero-order chi connectivity index (χ0) is 22.0. The standard InChI is InChI=1S/C20H23F3N2O3S/c1-13-8-14(2)10-18(9-13)25(29(4,27)28)15(3)19(26)24-12-16-6-5-7-17(11-16)20(21,22)23/h5-11,15H,12H2,1-4H3,(H,24,26). The Labute approximate surface area is 168 Å². The number of benzene rings is 2. The van der Waals surface area contributed by atoms with E-state index in [4.69, 9.17) is 0 Å². The molecule has 2 aromatic carbocycles. The molecule has 2 rings (SSSR count). The summed E-state index contributed by atoms with van der Waals surface area (Å²) in [7, 11) is -3.78. The van der Waals surface area contributed by atoms with E-state index in [2.05, 4.69) is 5.32 Å². The second-order valence-electron chi connectivity index (χ2n) is 7.00. The zero-order valence-electron chi connectivity index (χ0n) is 16.5. The molecule has 0 aliphatic carbocycles. The van der Waals surface area contributed by atoms with E-state index in [9.17, 15) is 26.4 Å². The molecule has 9 heteroatoms. The smallest absolute Gasteiger partial charge is 0.350 e. The Morgan fingerprint density at radius 2 is 1.69 bits per heavy atom. The summed E-state index contributed by atoms with van der Waals surface area (Å²) >= 11 is 0. The summed E-state index contributed by atoms with van der Waals surface area (Å²) < 4.78 is 64.2. The lowest BCUT2D eigenvalue weighted by Crippen LogP contribution is -2.47. The Balaban J connectivity index is 2.22. The largest absolute Gasteiger partial charge is 0.416 e. The van der Waals surface area contributed by atoms with Crippen molar-refractivity contribution in [2.75, 3.05) is 10.6 Å². The summed E-state index contributed by atoms with van der Waals surface area (Å²) in [5.74, 6) is -0.619. The zero-order valence-corrected chi connectivity index (χ0v) is 17.4. The van der Waals surface area contributed by atoms with Gasteiger partial charge in [-0.05, 0) is 61.7 Å². The SMILES string of the molecule is Cc1cc(C)cc(N(C(C)C(=O)NCc2cccc(C(F)(F)F)c2)S(C)(=O)=O)c1. The van der Waals surface area contributed by atoms with E-state index < -0.39 is 33.7 Å². The Bertz CT molecular complexity index is 984. The third kappa shape index (κ3) is 5.96. The van der Waals surface area contributed by atoms with Crippen LogP contribution in [0.3, 0.4) is 0 Å². The molecule has 0 heterocycles. The number of hydrogen-bond acceptors (Lipinski definition) is 3. The molecule has 0 aliphatic heterocycles. The lowest BCUT2D eigenvalue weighted by molar-refractivity contribution is -0.137. The number of aryl methyl sites for hydroxylation is 2. The summed E-state index contributed by atoms with van der Waals surface area (Å²) in [6.07, 6.45) is -3.48. The molecule has 1 amide bonds. The van der Waals surface area contributed by atoms with Gasteiger partial charge in [-0.2, -0.15) is 13.2 Å². The Hall–Kier alpha value is -2.55. The predicted molar refractivity (Wildman–Crippen MR) is 106 cm³/mol. The van der Waals surface area contributed by atoms with Crippen LogP contribution in [-0.4, -0.2) is 26.6 Å². The fourth-order valence-electron chi connectivity index (χ4n) is 3.08. The highest BCUT2D eigenvalue weighted by atomic mass is 32.2. The first-order valence-electron chi connectivity index (χ1n) is 8.80. The van der Waals surface area contributed by atoms with Crippen LogP contribution < -0.4 is 9.62 Å². The van der Waals surface area contributed by atoms with Crippen molar-refractivity contribution < 1.29 is 26.4 Å². The van der Waals surface area contributed by atoms with Crippen molar-refractivity contribution in [1.82, 2.24) is 5.32 Å². The minimum Gasteiger partial charge on any atom is -0.350 e. The molecule has 5 nitrogen and oxygen atoms in total. The van der Waals surface area contributed by atoms with E-state index >= 15 is 0 Å². The highest BCUT2D eigenvalue weighted by Gasteiger charge is 2.31. The van der Waals surface area contributed by atoms with Crippen molar-refractivity contribution in [2.24, 2.45) is 0 Å². The summed E-state index contributed by atoms with van der Waals surface area (Å²) in [6.45, 7) is 4.91. The molecule has 2 aromatic rings. The van der Waals surface area contributed by atoms with Crippen LogP contribution in [-0.2, 0) is 27.5 Å². The van der Waals surface area contributed by atoms with E-state index in [1.165, 1.54) is 19.1 Å². The van der Waals surface area contributed by atoms with Crippen LogP contribution in [0.4, 0.5) is 18.9 Å². The third-order valence-corrected chi connectivity index (χ3v) is 5.51. The second kappa shape index (κ2) is 8.44. The lowest BCUT2D eigenvalue weighted by Gasteiger charge is -2.29. The average Bonchev–Trinajstić information content (AvgIpc) is 2.57. The van der Waals surface area contributed by atoms with Crippen LogP contribution in [0.2, 0.25) is 0 Å². The molecule has 0 saturated heterocycles. The predicted octanol–water partition coefficient (Wildman–Crippen LogP) is 3.79. The first-order valence-corrected chi connectivity index (χ1v) is 10.7. The first kappa shape index (κ1) is 22.7. The van der Waals surface area contributed by atoms with Gasteiger partial charge < -0.3 is 5.32 Å². The maximum atomic E-state index is 12.8. The number of nitrogens with one attached hydrogen (secondary N) is 1. The fourth-order valence-corrected chi connectivity index (χ4v) is 4.24. The van der Waals surface area contributed by atoms with Crippen molar-refractivity contribution in [1.29, 1.82) is 0 Å². The van der Waals surface area contributed by atoms with Crippen molar-refractivity contribution >= 4 is 21.6 Å². The number of carbonyl (C=O) groups excluding carboxylic acids is 1. The number of anilines is 1. The van der Waals surface area contributed by atoms with Gasteiger partial charge in [-0.15, -0.1) is 0 Å². The number of halogens is 3. The number of sulfonamides is 1. The van der Waals surface area contributed by atoms with E-state index in [0.29, 0.717) is 5.69 Å². The van der Waals surface area contributed by atoms with Crippen molar-refractivity contribution in [3.05, 3.63) is 64.7 Å².